The summed E-state index contributed by atoms with van der Waals surface area (Å²) >= 11 is 5.94. The van der Waals surface area contributed by atoms with E-state index in [9.17, 15) is 14.4 Å². The highest BCUT2D eigenvalue weighted by atomic mass is 35.5. The molecule has 8 nitrogen and oxygen atoms in total. The Morgan fingerprint density at radius 2 is 1.74 bits per heavy atom. The Morgan fingerprint density at radius 3 is 2.51 bits per heavy atom. The number of anilines is 1. The summed E-state index contributed by atoms with van der Waals surface area (Å²) in [6, 6.07) is 27.7. The zero-order valence-electron chi connectivity index (χ0n) is 23.2. The molecular formula is C34H27ClN4O4. The number of aromatic amines is 1. The number of rotatable bonds is 6. The van der Waals surface area contributed by atoms with E-state index in [0.717, 1.165) is 33.3 Å². The number of carbonyl (C=O) groups excluding carboxylic acids is 3. The molecule has 43 heavy (non-hydrogen) atoms. The molecule has 2 aliphatic heterocycles. The Morgan fingerprint density at radius 1 is 0.977 bits per heavy atom. The highest BCUT2D eigenvalue weighted by molar-refractivity contribution is 6.30. The number of ether oxygens (including phenoxy) is 1. The third kappa shape index (κ3) is 4.60. The van der Waals surface area contributed by atoms with Gasteiger partial charge >= 0.3 is 6.03 Å². The number of benzene rings is 4. The zero-order chi connectivity index (χ0) is 29.7. The van der Waals surface area contributed by atoms with Gasteiger partial charge in [0.25, 0.3) is 11.8 Å². The van der Waals surface area contributed by atoms with Gasteiger partial charge in [-0.15, -0.1) is 0 Å². The van der Waals surface area contributed by atoms with Crippen molar-refractivity contribution in [2.24, 2.45) is 0 Å². The van der Waals surface area contributed by atoms with E-state index < -0.39 is 18.1 Å². The molecule has 7 rings (SSSR count). The Labute approximate surface area is 252 Å². The fourth-order valence-corrected chi connectivity index (χ4v) is 6.24. The number of carbonyl (C=O) groups is 3. The number of nitrogens with one attached hydrogen (secondary N) is 2. The number of imide groups is 1. The van der Waals surface area contributed by atoms with Crippen LogP contribution in [0, 0.1) is 0 Å². The maximum Gasteiger partial charge on any atom is 0.332 e. The van der Waals surface area contributed by atoms with E-state index in [1.54, 1.807) is 48.4 Å². The van der Waals surface area contributed by atoms with Gasteiger partial charge in [-0.1, -0.05) is 54.1 Å². The van der Waals surface area contributed by atoms with Crippen LogP contribution in [0.2, 0.25) is 5.02 Å². The van der Waals surface area contributed by atoms with Gasteiger partial charge in [0.05, 0.1) is 12.8 Å². The number of hydrogen-bond acceptors (Lipinski definition) is 4. The van der Waals surface area contributed by atoms with E-state index in [1.165, 1.54) is 4.90 Å². The van der Waals surface area contributed by atoms with Gasteiger partial charge in [-0.2, -0.15) is 0 Å². The monoisotopic (exact) mass is 590 g/mol. The van der Waals surface area contributed by atoms with Crippen molar-refractivity contribution in [1.29, 1.82) is 0 Å². The number of fused-ring (bicyclic) bond motifs is 4. The number of nitrogens with zero attached hydrogens (tertiary/aromatic N) is 2. The average molecular weight is 591 g/mol. The van der Waals surface area contributed by atoms with Crippen LogP contribution in [0.1, 0.15) is 38.8 Å². The summed E-state index contributed by atoms with van der Waals surface area (Å²) in [5.74, 6) is 0.104. The molecule has 0 radical (unpaired) electrons. The Kier molecular flexibility index (Phi) is 6.63. The van der Waals surface area contributed by atoms with Crippen molar-refractivity contribution >= 4 is 46.0 Å². The van der Waals surface area contributed by atoms with Gasteiger partial charge in [0.1, 0.15) is 17.8 Å². The number of aromatic nitrogens is 1. The Hall–Kier alpha value is -5.08. The number of amides is 4. The Balaban J connectivity index is 1.20. The van der Waals surface area contributed by atoms with Crippen molar-refractivity contribution in [3.63, 3.8) is 0 Å². The second kappa shape index (κ2) is 10.6. The first-order chi connectivity index (χ1) is 20.9. The van der Waals surface area contributed by atoms with E-state index in [-0.39, 0.29) is 11.8 Å². The first-order valence-corrected chi connectivity index (χ1v) is 14.3. The molecule has 0 aliphatic carbocycles. The van der Waals surface area contributed by atoms with Crippen LogP contribution in [-0.2, 0) is 17.8 Å². The van der Waals surface area contributed by atoms with Crippen LogP contribution < -0.4 is 15.0 Å². The van der Waals surface area contributed by atoms with Gasteiger partial charge in [0.15, 0.2) is 0 Å². The number of hydrogen-bond donors (Lipinski definition) is 2. The molecule has 2 aliphatic rings. The van der Waals surface area contributed by atoms with E-state index in [4.69, 9.17) is 16.3 Å². The summed E-state index contributed by atoms with van der Waals surface area (Å²) in [5, 5.41) is 4.55. The molecule has 5 aromatic rings. The Bertz CT molecular complexity index is 1880. The maximum atomic E-state index is 14.1. The zero-order valence-corrected chi connectivity index (χ0v) is 24.0. The molecule has 3 heterocycles. The van der Waals surface area contributed by atoms with Crippen molar-refractivity contribution in [2.75, 3.05) is 12.0 Å². The molecule has 0 saturated carbocycles. The van der Waals surface area contributed by atoms with Crippen LogP contribution in [-0.4, -0.2) is 40.9 Å². The molecule has 9 heteroatoms. The quantitative estimate of drug-likeness (QED) is 0.229. The number of halogens is 1. The molecule has 1 fully saturated rings. The number of para-hydroxylation sites is 1. The van der Waals surface area contributed by atoms with Crippen LogP contribution in [0.4, 0.5) is 10.5 Å². The fraction of sp³-hybridized carbons (Fsp3) is 0.147. The third-order valence-corrected chi connectivity index (χ3v) is 8.46. The van der Waals surface area contributed by atoms with E-state index in [2.05, 4.69) is 10.3 Å². The lowest BCUT2D eigenvalue weighted by atomic mass is 9.89. The van der Waals surface area contributed by atoms with Gasteiger partial charge < -0.3 is 15.0 Å². The van der Waals surface area contributed by atoms with Crippen molar-refractivity contribution in [3.05, 3.63) is 130 Å². The van der Waals surface area contributed by atoms with Crippen LogP contribution in [0.15, 0.2) is 97.1 Å². The molecule has 214 valence electrons. The molecule has 1 unspecified atom stereocenters. The first-order valence-electron chi connectivity index (χ1n) is 14.0. The summed E-state index contributed by atoms with van der Waals surface area (Å²) < 4.78 is 5.49. The summed E-state index contributed by atoms with van der Waals surface area (Å²) in [5.41, 5.74) is 5.47. The minimum Gasteiger partial charge on any atom is -0.497 e. The predicted octanol–water partition coefficient (Wildman–Crippen LogP) is 6.24. The van der Waals surface area contributed by atoms with E-state index in [1.807, 2.05) is 60.7 Å². The summed E-state index contributed by atoms with van der Waals surface area (Å²) in [4.78, 5) is 47.3. The second-order valence-electron chi connectivity index (χ2n) is 10.7. The maximum absolute atomic E-state index is 14.1. The molecule has 4 amide bonds. The predicted molar refractivity (Wildman–Crippen MR) is 164 cm³/mol. The molecular weight excluding hydrogens is 564 g/mol. The van der Waals surface area contributed by atoms with E-state index >= 15 is 0 Å². The van der Waals surface area contributed by atoms with Crippen LogP contribution in [0.5, 0.6) is 5.75 Å². The highest BCUT2D eigenvalue weighted by Gasteiger charge is 2.53. The lowest BCUT2D eigenvalue weighted by Crippen LogP contribution is -2.44. The molecule has 0 bridgehead atoms. The SMILES string of the molecule is COc1cccc(C2c3[nH]c4ccccc4c3C[C@H]3C(=O)N(c4ccc(C(=O)NCc5ccc(Cl)cc5)cc4)C(=O)N23)c1. The largest absolute Gasteiger partial charge is 0.497 e. The third-order valence-electron chi connectivity index (χ3n) is 8.21. The first kappa shape index (κ1) is 26.8. The number of urea groups is 1. The van der Waals surface area contributed by atoms with Crippen molar-refractivity contribution in [2.45, 2.75) is 25.0 Å². The standard InChI is InChI=1S/C34H27ClN4O4/c1-43-25-6-4-5-22(17-25)31-30-27(26-7-2-3-8-28(26)37-30)18-29-33(41)38(34(42)39(29)31)24-15-11-21(12-16-24)32(40)36-19-20-9-13-23(35)14-10-20/h2-17,29,31,37H,18-19H2,1H3,(H,36,40)/t29-,31?/m0/s1. The number of H-pyrrole nitrogens is 1. The topological polar surface area (TPSA) is 94.7 Å². The van der Waals surface area contributed by atoms with Gasteiger partial charge in [-0.05, 0) is 71.3 Å². The molecule has 2 atom stereocenters. The summed E-state index contributed by atoms with van der Waals surface area (Å²) in [6.07, 6.45) is 0.395. The molecule has 0 spiro atoms. The minimum absolute atomic E-state index is 0.263. The lowest BCUT2D eigenvalue weighted by Gasteiger charge is -2.36. The summed E-state index contributed by atoms with van der Waals surface area (Å²) in [6.45, 7) is 0.345. The molecule has 4 aromatic carbocycles. The minimum atomic E-state index is -0.683. The van der Waals surface area contributed by atoms with Gasteiger partial charge in [0.2, 0.25) is 0 Å². The van der Waals surface area contributed by atoms with Crippen LogP contribution in [0.25, 0.3) is 10.9 Å². The van der Waals surface area contributed by atoms with Crippen LogP contribution in [0.3, 0.4) is 0 Å². The van der Waals surface area contributed by atoms with Crippen molar-refractivity contribution in [3.8, 4) is 5.75 Å². The van der Waals surface area contributed by atoms with Gasteiger partial charge in [-0.25, -0.2) is 9.69 Å². The van der Waals surface area contributed by atoms with Gasteiger partial charge in [0, 0.05) is 40.1 Å². The summed E-state index contributed by atoms with van der Waals surface area (Å²) in [7, 11) is 1.60. The van der Waals surface area contributed by atoms with E-state index in [0.29, 0.717) is 35.0 Å². The number of methoxy groups -OCH3 is 1. The smallest absolute Gasteiger partial charge is 0.332 e. The molecule has 1 aromatic heterocycles. The molecule has 2 N–H and O–H groups in total. The van der Waals surface area contributed by atoms with Crippen molar-refractivity contribution in [1.82, 2.24) is 15.2 Å². The fourth-order valence-electron chi connectivity index (χ4n) is 6.12. The highest BCUT2D eigenvalue weighted by Crippen LogP contribution is 2.45. The average Bonchev–Trinajstić information content (AvgIpc) is 3.53. The normalized spacial score (nSPS) is 17.6. The second-order valence-corrected chi connectivity index (χ2v) is 11.1. The lowest BCUT2D eigenvalue weighted by molar-refractivity contribution is -0.120. The van der Waals surface area contributed by atoms with Crippen molar-refractivity contribution < 1.29 is 19.1 Å². The van der Waals surface area contributed by atoms with Gasteiger partial charge in [-0.3, -0.25) is 14.5 Å². The van der Waals surface area contributed by atoms with Crippen LogP contribution >= 0.6 is 11.6 Å². The molecule has 1 saturated heterocycles.